The van der Waals surface area contributed by atoms with Crippen LogP contribution in [0.15, 0.2) is 65.5 Å². The molecule has 5 nitrogen and oxygen atoms in total. The zero-order chi connectivity index (χ0) is 17.8. The van der Waals surface area contributed by atoms with Gasteiger partial charge in [-0.2, -0.15) is 0 Å². The highest BCUT2D eigenvalue weighted by Crippen LogP contribution is 2.27. The summed E-state index contributed by atoms with van der Waals surface area (Å²) in [7, 11) is 0. The fraction of sp³-hybridized carbons (Fsp3) is 0.0625. The van der Waals surface area contributed by atoms with Crippen LogP contribution in [0.4, 0.5) is 5.69 Å². The number of hydrogen-bond donors (Lipinski definition) is 1. The van der Waals surface area contributed by atoms with Gasteiger partial charge in [0.2, 0.25) is 11.8 Å². The standard InChI is InChI=1S/C16H10Br3N3O2S/c17-10-3-1-2-9(6-10)15-21-22-16(24-15)25-8-14(23)20-11-4-5-12(18)13(19)7-11/h1-7H,8H2,(H,20,23). The van der Waals surface area contributed by atoms with E-state index in [4.69, 9.17) is 4.42 Å². The maximum atomic E-state index is 12.0. The summed E-state index contributed by atoms with van der Waals surface area (Å²) < 4.78 is 8.31. The first-order valence-electron chi connectivity index (χ1n) is 6.98. The first-order valence-corrected chi connectivity index (χ1v) is 10.3. The van der Waals surface area contributed by atoms with Crippen molar-refractivity contribution in [2.24, 2.45) is 0 Å². The summed E-state index contributed by atoms with van der Waals surface area (Å²) in [5, 5.41) is 11.1. The van der Waals surface area contributed by atoms with Crippen LogP contribution in [0.5, 0.6) is 0 Å². The van der Waals surface area contributed by atoms with E-state index < -0.39 is 0 Å². The lowest BCUT2D eigenvalue weighted by Gasteiger charge is -2.05. The van der Waals surface area contributed by atoms with E-state index in [1.807, 2.05) is 42.5 Å². The Morgan fingerprint density at radius 3 is 2.68 bits per heavy atom. The molecule has 0 atom stereocenters. The molecule has 0 unspecified atom stereocenters. The largest absolute Gasteiger partial charge is 0.411 e. The van der Waals surface area contributed by atoms with Crippen LogP contribution in [0, 0.1) is 0 Å². The number of thioether (sulfide) groups is 1. The number of benzene rings is 2. The lowest BCUT2D eigenvalue weighted by Crippen LogP contribution is -2.13. The van der Waals surface area contributed by atoms with Gasteiger partial charge in [-0.05, 0) is 68.3 Å². The van der Waals surface area contributed by atoms with Crippen LogP contribution >= 0.6 is 59.6 Å². The van der Waals surface area contributed by atoms with Gasteiger partial charge in [0.1, 0.15) is 0 Å². The van der Waals surface area contributed by atoms with Crippen LogP contribution in [0.2, 0.25) is 0 Å². The number of amides is 1. The van der Waals surface area contributed by atoms with Crippen molar-refractivity contribution in [3.05, 3.63) is 55.9 Å². The zero-order valence-corrected chi connectivity index (χ0v) is 18.1. The molecule has 0 aliphatic rings. The third-order valence-electron chi connectivity index (χ3n) is 3.01. The molecule has 0 fully saturated rings. The van der Waals surface area contributed by atoms with Crippen molar-refractivity contribution < 1.29 is 9.21 Å². The predicted molar refractivity (Wildman–Crippen MR) is 109 cm³/mol. The van der Waals surface area contributed by atoms with Crippen LogP contribution in [0.1, 0.15) is 0 Å². The van der Waals surface area contributed by atoms with E-state index in [0.29, 0.717) is 16.8 Å². The number of nitrogens with one attached hydrogen (secondary N) is 1. The smallest absolute Gasteiger partial charge is 0.277 e. The summed E-state index contributed by atoms with van der Waals surface area (Å²) in [5.74, 6) is 0.441. The number of hydrogen-bond acceptors (Lipinski definition) is 5. The van der Waals surface area contributed by atoms with Gasteiger partial charge in [-0.25, -0.2) is 0 Å². The van der Waals surface area contributed by atoms with Crippen molar-refractivity contribution >= 4 is 71.1 Å². The Labute approximate surface area is 173 Å². The molecular formula is C16H10Br3N3O2S. The Morgan fingerprint density at radius 1 is 1.08 bits per heavy atom. The van der Waals surface area contributed by atoms with Crippen molar-refractivity contribution in [2.75, 3.05) is 11.1 Å². The van der Waals surface area contributed by atoms with E-state index >= 15 is 0 Å². The van der Waals surface area contributed by atoms with Crippen molar-refractivity contribution in [3.8, 4) is 11.5 Å². The summed E-state index contributed by atoms with van der Waals surface area (Å²) in [4.78, 5) is 12.0. The predicted octanol–water partition coefficient (Wildman–Crippen LogP) is 5.75. The molecule has 0 saturated heterocycles. The van der Waals surface area contributed by atoms with Gasteiger partial charge in [0.15, 0.2) is 0 Å². The van der Waals surface area contributed by atoms with Crippen molar-refractivity contribution in [1.82, 2.24) is 10.2 Å². The van der Waals surface area contributed by atoms with E-state index in [0.717, 1.165) is 19.0 Å². The summed E-state index contributed by atoms with van der Waals surface area (Å²) in [6.07, 6.45) is 0. The minimum Gasteiger partial charge on any atom is -0.411 e. The Kier molecular flexibility index (Phi) is 6.32. The topological polar surface area (TPSA) is 68.0 Å². The first kappa shape index (κ1) is 18.6. The zero-order valence-electron chi connectivity index (χ0n) is 12.5. The number of halogens is 3. The highest BCUT2D eigenvalue weighted by molar-refractivity contribution is 9.13. The molecule has 1 N–H and O–H groups in total. The van der Waals surface area contributed by atoms with Gasteiger partial charge < -0.3 is 9.73 Å². The van der Waals surface area contributed by atoms with Gasteiger partial charge in [0.05, 0.1) is 5.75 Å². The fourth-order valence-electron chi connectivity index (χ4n) is 1.90. The van der Waals surface area contributed by atoms with Gasteiger partial charge in [-0.15, -0.1) is 10.2 Å². The van der Waals surface area contributed by atoms with Gasteiger partial charge in [0.25, 0.3) is 5.22 Å². The number of rotatable bonds is 5. The minimum absolute atomic E-state index is 0.151. The van der Waals surface area contributed by atoms with Crippen molar-refractivity contribution in [2.45, 2.75) is 5.22 Å². The Morgan fingerprint density at radius 2 is 1.92 bits per heavy atom. The second-order valence-electron chi connectivity index (χ2n) is 4.85. The third kappa shape index (κ3) is 5.16. The monoisotopic (exact) mass is 545 g/mol. The lowest BCUT2D eigenvalue weighted by molar-refractivity contribution is -0.113. The number of carbonyl (C=O) groups excluding carboxylic acids is 1. The normalized spacial score (nSPS) is 10.7. The minimum atomic E-state index is -0.151. The molecule has 0 bridgehead atoms. The molecule has 1 aromatic heterocycles. The summed E-state index contributed by atoms with van der Waals surface area (Å²) in [6, 6.07) is 13.1. The maximum Gasteiger partial charge on any atom is 0.277 e. The second kappa shape index (κ2) is 8.48. The molecule has 3 aromatic rings. The molecular weight excluding hydrogens is 538 g/mol. The van der Waals surface area contributed by atoms with Crippen molar-refractivity contribution in [3.63, 3.8) is 0 Å². The average molecular weight is 548 g/mol. The lowest BCUT2D eigenvalue weighted by atomic mass is 10.2. The summed E-state index contributed by atoms with van der Waals surface area (Å²) in [6.45, 7) is 0. The molecule has 0 aliphatic heterocycles. The van der Waals surface area contributed by atoms with Crippen LogP contribution in [-0.2, 0) is 4.79 Å². The van der Waals surface area contributed by atoms with Crippen molar-refractivity contribution in [1.29, 1.82) is 0 Å². The van der Waals surface area contributed by atoms with Gasteiger partial charge in [0, 0.05) is 24.7 Å². The number of aromatic nitrogens is 2. The average Bonchev–Trinajstić information content (AvgIpc) is 3.05. The molecule has 0 saturated carbocycles. The molecule has 0 radical (unpaired) electrons. The summed E-state index contributed by atoms with van der Waals surface area (Å²) >= 11 is 11.4. The van der Waals surface area contributed by atoms with Crippen LogP contribution < -0.4 is 5.32 Å². The number of anilines is 1. The molecule has 9 heteroatoms. The van der Waals surface area contributed by atoms with Crippen LogP contribution in [0.25, 0.3) is 11.5 Å². The van der Waals surface area contributed by atoms with Gasteiger partial charge in [-0.1, -0.05) is 33.8 Å². The Bertz CT molecular complexity index is 917. The molecule has 25 heavy (non-hydrogen) atoms. The fourth-order valence-corrected chi connectivity index (χ4v) is 3.49. The van der Waals surface area contributed by atoms with Gasteiger partial charge >= 0.3 is 0 Å². The van der Waals surface area contributed by atoms with Gasteiger partial charge in [-0.3, -0.25) is 4.79 Å². The SMILES string of the molecule is O=C(CSc1nnc(-c2cccc(Br)c2)o1)Nc1ccc(Br)c(Br)c1. The molecule has 1 heterocycles. The van der Waals surface area contributed by atoms with E-state index in [1.165, 1.54) is 11.8 Å². The second-order valence-corrected chi connectivity index (χ2v) is 8.40. The Balaban J connectivity index is 1.58. The van der Waals surface area contributed by atoms with Crippen LogP contribution in [-0.4, -0.2) is 21.9 Å². The molecule has 1 amide bonds. The molecule has 0 spiro atoms. The highest BCUT2D eigenvalue weighted by Gasteiger charge is 2.12. The molecule has 3 rings (SSSR count). The maximum absolute atomic E-state index is 12.0. The first-order chi connectivity index (χ1) is 12.0. The third-order valence-corrected chi connectivity index (χ3v) is 6.20. The number of carbonyl (C=O) groups is 1. The quantitative estimate of drug-likeness (QED) is 0.412. The molecule has 128 valence electrons. The summed E-state index contributed by atoms with van der Waals surface area (Å²) in [5.41, 5.74) is 1.53. The van der Waals surface area contributed by atoms with E-state index in [1.54, 1.807) is 0 Å². The van der Waals surface area contributed by atoms with E-state index in [2.05, 4.69) is 63.3 Å². The molecule has 2 aromatic carbocycles. The van der Waals surface area contributed by atoms with E-state index in [9.17, 15) is 4.79 Å². The van der Waals surface area contributed by atoms with Crippen LogP contribution in [0.3, 0.4) is 0 Å². The Hall–Kier alpha value is -1.16. The van der Waals surface area contributed by atoms with E-state index in [-0.39, 0.29) is 11.7 Å². The number of nitrogens with zero attached hydrogens (tertiary/aromatic N) is 2. The molecule has 0 aliphatic carbocycles. The highest BCUT2D eigenvalue weighted by atomic mass is 79.9.